The van der Waals surface area contributed by atoms with E-state index in [2.05, 4.69) is 0 Å². The van der Waals surface area contributed by atoms with Gasteiger partial charge in [0.25, 0.3) is 0 Å². The Morgan fingerprint density at radius 3 is 2.55 bits per heavy atom. The molecule has 1 saturated carbocycles. The van der Waals surface area contributed by atoms with Crippen LogP contribution in [0.2, 0.25) is 5.82 Å². The second kappa shape index (κ2) is 12.0. The maximum Gasteiger partial charge on any atom is 0.526 e. The van der Waals surface area contributed by atoms with Crippen molar-refractivity contribution in [3.05, 3.63) is 29.3 Å². The molecule has 1 fully saturated rings. The van der Waals surface area contributed by atoms with Crippen LogP contribution in [0, 0.1) is 5.92 Å². The summed E-state index contributed by atoms with van der Waals surface area (Å²) in [4.78, 5) is 47.7. The Morgan fingerprint density at radius 2 is 1.82 bits per heavy atom. The van der Waals surface area contributed by atoms with Crippen molar-refractivity contribution in [2.45, 2.75) is 76.9 Å². The Bertz CT molecular complexity index is 877. The third kappa shape index (κ3) is 7.42. The third-order valence-electron chi connectivity index (χ3n) is 6.28. The quantitative estimate of drug-likeness (QED) is 0.322. The zero-order valence-electron chi connectivity index (χ0n) is 19.0. The minimum absolute atomic E-state index is 0.0584. The summed E-state index contributed by atoms with van der Waals surface area (Å²) in [5, 5.41) is 10.4. The number of rotatable bonds is 10. The van der Waals surface area contributed by atoms with Crippen LogP contribution in [0.25, 0.3) is 0 Å². The van der Waals surface area contributed by atoms with Crippen LogP contribution < -0.4 is 4.65 Å². The van der Waals surface area contributed by atoms with Gasteiger partial charge in [0, 0.05) is 31.5 Å². The first-order chi connectivity index (χ1) is 15.8. The second-order valence-corrected chi connectivity index (χ2v) is 8.99. The third-order valence-corrected chi connectivity index (χ3v) is 6.28. The van der Waals surface area contributed by atoms with E-state index < -0.39 is 25.7 Å². The summed E-state index contributed by atoms with van der Waals surface area (Å²) >= 11 is 0. The monoisotopic (exact) mass is 458 g/mol. The fourth-order valence-corrected chi connectivity index (χ4v) is 4.44. The highest BCUT2D eigenvalue weighted by Crippen LogP contribution is 2.36. The molecule has 1 aromatic carbocycles. The first kappa shape index (κ1) is 25.0. The van der Waals surface area contributed by atoms with Crippen molar-refractivity contribution in [1.82, 2.24) is 0 Å². The van der Waals surface area contributed by atoms with Crippen molar-refractivity contribution in [1.29, 1.82) is 0 Å². The largest absolute Gasteiger partial charge is 0.535 e. The lowest BCUT2D eigenvalue weighted by Gasteiger charge is -2.28. The first-order valence-corrected chi connectivity index (χ1v) is 11.6. The number of esters is 2. The molecule has 1 atom stereocenters. The molecule has 1 aliphatic carbocycles. The number of carbonyl (C=O) groups is 4. The molecule has 0 saturated heterocycles. The van der Waals surface area contributed by atoms with E-state index in [4.69, 9.17) is 14.1 Å². The van der Waals surface area contributed by atoms with E-state index >= 15 is 0 Å². The summed E-state index contributed by atoms with van der Waals surface area (Å²) in [7, 11) is -1.26. The van der Waals surface area contributed by atoms with Gasteiger partial charge in [0.2, 0.25) is 6.79 Å². The number of ketones is 2. The Balaban J connectivity index is 1.52. The lowest BCUT2D eigenvalue weighted by atomic mass is 9.64. The molecule has 2 aliphatic rings. The zero-order valence-corrected chi connectivity index (χ0v) is 19.0. The Morgan fingerprint density at radius 1 is 1.06 bits per heavy atom. The number of carbonyl (C=O) groups excluding carboxylic acids is 4. The average molecular weight is 458 g/mol. The maximum absolute atomic E-state index is 12.5. The van der Waals surface area contributed by atoms with Gasteiger partial charge >= 0.3 is 19.1 Å². The molecule has 1 N–H and O–H groups in total. The van der Waals surface area contributed by atoms with Crippen LogP contribution in [0.3, 0.4) is 0 Å². The van der Waals surface area contributed by atoms with E-state index in [1.807, 2.05) is 0 Å². The van der Waals surface area contributed by atoms with Crippen molar-refractivity contribution >= 4 is 30.6 Å². The van der Waals surface area contributed by atoms with Gasteiger partial charge < -0.3 is 23.9 Å². The smallest absolute Gasteiger partial charge is 0.526 e. The van der Waals surface area contributed by atoms with Crippen molar-refractivity contribution < 1.29 is 38.3 Å². The lowest BCUT2D eigenvalue weighted by molar-refractivity contribution is -0.153. The van der Waals surface area contributed by atoms with Crippen LogP contribution in [0.5, 0.6) is 5.75 Å². The number of Topliss-reactive ketones (excluding diaryl/α,β-unsaturated/α-hetero) is 2. The lowest BCUT2D eigenvalue weighted by Crippen LogP contribution is -2.36. The molecule has 33 heavy (non-hydrogen) atoms. The van der Waals surface area contributed by atoms with Gasteiger partial charge in [-0.05, 0) is 43.7 Å². The normalized spacial score (nSPS) is 18.1. The van der Waals surface area contributed by atoms with Gasteiger partial charge in [-0.25, -0.2) is 4.79 Å². The van der Waals surface area contributed by atoms with Crippen LogP contribution in [-0.2, 0) is 30.3 Å². The van der Waals surface area contributed by atoms with Crippen molar-refractivity contribution in [3.8, 4) is 5.75 Å². The molecule has 3 rings (SSSR count). The summed E-state index contributed by atoms with van der Waals surface area (Å²) in [6, 6.07) is 4.94. The van der Waals surface area contributed by atoms with Crippen LogP contribution >= 0.6 is 0 Å². The molecule has 0 aromatic heterocycles. The van der Waals surface area contributed by atoms with Crippen molar-refractivity contribution in [2.75, 3.05) is 6.79 Å². The van der Waals surface area contributed by atoms with E-state index in [9.17, 15) is 24.2 Å². The predicted molar refractivity (Wildman–Crippen MR) is 120 cm³/mol. The van der Waals surface area contributed by atoms with Gasteiger partial charge in [-0.2, -0.15) is 0 Å². The second-order valence-electron chi connectivity index (χ2n) is 8.99. The van der Waals surface area contributed by atoms with Crippen LogP contribution in [0.15, 0.2) is 18.2 Å². The average Bonchev–Trinajstić information content (AvgIpc) is 2.78. The minimum Gasteiger partial charge on any atom is -0.535 e. The topological polar surface area (TPSA) is 116 Å². The zero-order chi connectivity index (χ0) is 23.8. The van der Waals surface area contributed by atoms with Crippen molar-refractivity contribution in [3.63, 3.8) is 0 Å². The number of hydrogen-bond acceptors (Lipinski definition) is 8. The Hall–Kier alpha value is -2.68. The predicted octanol–water partition coefficient (Wildman–Crippen LogP) is 3.43. The molecule has 1 aromatic rings. The highest BCUT2D eigenvalue weighted by molar-refractivity contribution is 6.47. The van der Waals surface area contributed by atoms with Crippen LogP contribution in [0.4, 0.5) is 0 Å². The molecule has 9 heteroatoms. The molecular weight excluding hydrogens is 427 g/mol. The molecule has 0 spiro atoms. The molecule has 0 unspecified atom stereocenters. The summed E-state index contributed by atoms with van der Waals surface area (Å²) < 4.78 is 15.8. The number of benzene rings is 1. The number of para-hydroxylation sites is 1. The molecule has 0 bridgehead atoms. The fourth-order valence-electron chi connectivity index (χ4n) is 4.44. The van der Waals surface area contributed by atoms with E-state index in [0.29, 0.717) is 24.3 Å². The standard InChI is InChI=1S/C24H31BO8/c1-16(26)10-11-20(27)14-19-13-18-8-5-9-21(23(18)33-25(19)30)24(29)32-15-31-22(28)12-17-6-3-2-4-7-17/h5,8-9,17,19,30H,2-4,6-7,10-15H2,1H3/t19-/m1/s1. The van der Waals surface area contributed by atoms with E-state index in [0.717, 1.165) is 25.7 Å². The fraction of sp³-hybridized carbons (Fsp3) is 0.583. The summed E-state index contributed by atoms with van der Waals surface area (Å²) in [6.07, 6.45) is 6.59. The highest BCUT2D eigenvalue weighted by Gasteiger charge is 2.37. The van der Waals surface area contributed by atoms with Gasteiger partial charge in [-0.15, -0.1) is 0 Å². The Kier molecular flexibility index (Phi) is 9.06. The molecule has 1 heterocycles. The molecule has 178 valence electrons. The maximum atomic E-state index is 12.5. The number of hydrogen-bond donors (Lipinski definition) is 1. The van der Waals surface area contributed by atoms with E-state index in [1.165, 1.54) is 19.4 Å². The highest BCUT2D eigenvalue weighted by atomic mass is 16.7. The van der Waals surface area contributed by atoms with Gasteiger partial charge in [0.05, 0.1) is 0 Å². The van der Waals surface area contributed by atoms with Gasteiger partial charge in [0.1, 0.15) is 22.9 Å². The van der Waals surface area contributed by atoms with Crippen LogP contribution in [0.1, 0.15) is 80.6 Å². The van der Waals surface area contributed by atoms with Crippen LogP contribution in [-0.4, -0.2) is 42.4 Å². The van der Waals surface area contributed by atoms with Gasteiger partial charge in [0.15, 0.2) is 0 Å². The molecule has 0 amide bonds. The molecule has 1 aliphatic heterocycles. The SMILES string of the molecule is CC(=O)CCC(=O)C[C@H]1Cc2cccc(C(=O)OCOC(=O)CC3CCCCC3)c2OB1O. The number of fused-ring (bicyclic) bond motifs is 1. The summed E-state index contributed by atoms with van der Waals surface area (Å²) in [6.45, 7) is 0.949. The number of ether oxygens (including phenoxy) is 2. The molecule has 0 radical (unpaired) electrons. The first-order valence-electron chi connectivity index (χ1n) is 11.6. The van der Waals surface area contributed by atoms with Gasteiger partial charge in [-0.3, -0.25) is 9.59 Å². The van der Waals surface area contributed by atoms with E-state index in [-0.39, 0.29) is 48.1 Å². The summed E-state index contributed by atoms with van der Waals surface area (Å²) in [5.41, 5.74) is 0.796. The molecule has 8 nitrogen and oxygen atoms in total. The van der Waals surface area contributed by atoms with Crippen molar-refractivity contribution in [2.24, 2.45) is 5.92 Å². The minimum atomic E-state index is -1.26. The summed E-state index contributed by atoms with van der Waals surface area (Å²) in [5.74, 6) is -1.21. The van der Waals surface area contributed by atoms with Gasteiger partial charge in [-0.1, -0.05) is 31.4 Å². The molecular formula is C24H31BO8. The Labute approximate surface area is 194 Å². The van der Waals surface area contributed by atoms with E-state index in [1.54, 1.807) is 12.1 Å².